The zero-order chi connectivity index (χ0) is 20.2. The van der Waals surface area contributed by atoms with Crippen molar-refractivity contribution in [3.8, 4) is 0 Å². The molecular formula is C19H15N7O3. The van der Waals surface area contributed by atoms with Crippen LogP contribution in [0.25, 0.3) is 11.1 Å². The van der Waals surface area contributed by atoms with Gasteiger partial charge in [0.15, 0.2) is 5.58 Å². The number of aryl methyl sites for hydroxylation is 1. The van der Waals surface area contributed by atoms with E-state index in [1.807, 2.05) is 18.2 Å². The molecule has 144 valence electrons. The van der Waals surface area contributed by atoms with Crippen LogP contribution in [0.1, 0.15) is 26.4 Å². The van der Waals surface area contributed by atoms with Crippen LogP contribution < -0.4 is 16.2 Å². The molecule has 2 amide bonds. The summed E-state index contributed by atoms with van der Waals surface area (Å²) in [5, 5.41) is 2.86. The minimum absolute atomic E-state index is 0.208. The minimum atomic E-state index is -0.548. The molecular weight excluding hydrogens is 374 g/mol. The number of nitrogens with zero attached hydrogens (tertiary/aromatic N) is 4. The van der Waals surface area contributed by atoms with Crippen molar-refractivity contribution in [2.24, 2.45) is 0 Å². The third-order valence-electron chi connectivity index (χ3n) is 3.95. The van der Waals surface area contributed by atoms with Crippen molar-refractivity contribution >= 4 is 34.9 Å². The van der Waals surface area contributed by atoms with Crippen LogP contribution in [0.2, 0.25) is 0 Å². The summed E-state index contributed by atoms with van der Waals surface area (Å²) in [5.41, 5.74) is 6.91. The van der Waals surface area contributed by atoms with Gasteiger partial charge in [0.2, 0.25) is 5.95 Å². The quantitative estimate of drug-likeness (QED) is 0.452. The molecule has 0 fully saturated rings. The van der Waals surface area contributed by atoms with Gasteiger partial charge in [-0.15, -0.1) is 0 Å². The number of para-hydroxylation sites is 2. The highest BCUT2D eigenvalue weighted by molar-refractivity contribution is 5.99. The number of oxazole rings is 1. The lowest BCUT2D eigenvalue weighted by molar-refractivity contribution is 0.0845. The zero-order valence-electron chi connectivity index (χ0n) is 15.2. The number of carbonyl (C=O) groups excluding carboxylic acids is 2. The van der Waals surface area contributed by atoms with Crippen LogP contribution in [-0.4, -0.2) is 31.8 Å². The van der Waals surface area contributed by atoms with Gasteiger partial charge in [0.25, 0.3) is 11.8 Å². The summed E-state index contributed by atoms with van der Waals surface area (Å²) in [4.78, 5) is 40.8. The summed E-state index contributed by atoms with van der Waals surface area (Å²) in [6.45, 7) is 1.65. The van der Waals surface area contributed by atoms with Crippen LogP contribution in [0.3, 0.4) is 0 Å². The summed E-state index contributed by atoms with van der Waals surface area (Å²) >= 11 is 0. The Hall–Kier alpha value is -4.34. The molecule has 0 unspecified atom stereocenters. The molecule has 0 aliphatic heterocycles. The number of amides is 2. The molecule has 0 saturated heterocycles. The lowest BCUT2D eigenvalue weighted by Gasteiger charge is -2.09. The van der Waals surface area contributed by atoms with Gasteiger partial charge in [0, 0.05) is 18.6 Å². The molecule has 0 radical (unpaired) electrons. The van der Waals surface area contributed by atoms with Crippen molar-refractivity contribution in [3.63, 3.8) is 0 Å². The Balaban J connectivity index is 1.42. The Kier molecular flexibility index (Phi) is 4.81. The van der Waals surface area contributed by atoms with E-state index >= 15 is 0 Å². The first-order valence-corrected chi connectivity index (χ1v) is 8.57. The predicted octanol–water partition coefficient (Wildman–Crippen LogP) is 2.14. The lowest BCUT2D eigenvalue weighted by Crippen LogP contribution is -2.42. The molecule has 0 spiro atoms. The number of benzene rings is 1. The van der Waals surface area contributed by atoms with Gasteiger partial charge in [-0.3, -0.25) is 30.7 Å². The number of aromatic nitrogens is 4. The average Bonchev–Trinajstić information content (AvgIpc) is 3.14. The Labute approximate surface area is 164 Å². The van der Waals surface area contributed by atoms with Gasteiger partial charge in [-0.05, 0) is 31.2 Å². The predicted molar refractivity (Wildman–Crippen MR) is 103 cm³/mol. The SMILES string of the molecule is Cc1nc(Nc2nc3ccccc3o2)ncc1C(=O)NNC(=O)c1cccnc1. The van der Waals surface area contributed by atoms with Crippen LogP contribution in [0.15, 0.2) is 59.4 Å². The topological polar surface area (TPSA) is 135 Å². The van der Waals surface area contributed by atoms with E-state index in [1.165, 1.54) is 12.4 Å². The second-order valence-corrected chi connectivity index (χ2v) is 5.95. The number of pyridine rings is 1. The molecule has 0 atom stereocenters. The summed E-state index contributed by atoms with van der Waals surface area (Å²) in [6.07, 6.45) is 4.29. The summed E-state index contributed by atoms with van der Waals surface area (Å²) in [6, 6.07) is 10.8. The van der Waals surface area contributed by atoms with Gasteiger partial charge in [-0.25, -0.2) is 9.97 Å². The number of carbonyl (C=O) groups is 2. The molecule has 0 aliphatic carbocycles. The van der Waals surface area contributed by atoms with Gasteiger partial charge in [0.1, 0.15) is 5.52 Å². The molecule has 3 aromatic heterocycles. The highest BCUT2D eigenvalue weighted by Gasteiger charge is 2.14. The average molecular weight is 389 g/mol. The van der Waals surface area contributed by atoms with Gasteiger partial charge in [-0.2, -0.15) is 4.98 Å². The van der Waals surface area contributed by atoms with Gasteiger partial charge in [-0.1, -0.05) is 12.1 Å². The second-order valence-electron chi connectivity index (χ2n) is 5.95. The maximum atomic E-state index is 12.3. The molecule has 0 bridgehead atoms. The molecule has 29 heavy (non-hydrogen) atoms. The van der Waals surface area contributed by atoms with Crippen molar-refractivity contribution in [3.05, 3.63) is 71.8 Å². The number of fused-ring (bicyclic) bond motifs is 1. The Morgan fingerprint density at radius 3 is 2.55 bits per heavy atom. The molecule has 0 aliphatic rings. The molecule has 1 aromatic carbocycles. The highest BCUT2D eigenvalue weighted by atomic mass is 16.4. The molecule has 4 aromatic rings. The van der Waals surface area contributed by atoms with E-state index in [1.54, 1.807) is 31.3 Å². The Morgan fingerprint density at radius 2 is 1.79 bits per heavy atom. The molecule has 10 heteroatoms. The first-order chi connectivity index (χ1) is 14.1. The first-order valence-electron chi connectivity index (χ1n) is 8.57. The monoisotopic (exact) mass is 389 g/mol. The lowest BCUT2D eigenvalue weighted by atomic mass is 10.2. The standard InChI is InChI=1S/C19H15N7O3/c1-11-13(17(28)26-25-16(27)12-5-4-8-20-9-12)10-21-18(22-11)24-19-23-14-6-2-3-7-15(14)29-19/h2-10H,1H3,(H,25,27)(H,26,28)(H,21,22,23,24). The van der Waals surface area contributed by atoms with Crippen molar-refractivity contribution in [2.45, 2.75) is 6.92 Å². The van der Waals surface area contributed by atoms with Gasteiger partial charge >= 0.3 is 6.01 Å². The van der Waals surface area contributed by atoms with Crippen LogP contribution in [0.4, 0.5) is 12.0 Å². The Bertz CT molecular complexity index is 1160. The van der Waals surface area contributed by atoms with Crippen molar-refractivity contribution < 1.29 is 14.0 Å². The van der Waals surface area contributed by atoms with Crippen molar-refractivity contribution in [2.75, 3.05) is 5.32 Å². The van der Waals surface area contributed by atoms with Gasteiger partial charge in [0.05, 0.1) is 16.8 Å². The number of anilines is 2. The first kappa shape index (κ1) is 18.0. The molecule has 10 nitrogen and oxygen atoms in total. The fourth-order valence-electron chi connectivity index (χ4n) is 2.52. The number of hydrogen-bond acceptors (Lipinski definition) is 8. The van der Waals surface area contributed by atoms with E-state index in [0.717, 1.165) is 0 Å². The van der Waals surface area contributed by atoms with Crippen molar-refractivity contribution in [1.82, 2.24) is 30.8 Å². The summed E-state index contributed by atoms with van der Waals surface area (Å²) in [7, 11) is 0. The fourth-order valence-corrected chi connectivity index (χ4v) is 2.52. The normalized spacial score (nSPS) is 10.5. The molecule has 3 N–H and O–H groups in total. The van der Waals surface area contributed by atoms with Crippen LogP contribution in [-0.2, 0) is 0 Å². The number of hydrogen-bond donors (Lipinski definition) is 3. The highest BCUT2D eigenvalue weighted by Crippen LogP contribution is 2.20. The Morgan fingerprint density at radius 1 is 0.966 bits per heavy atom. The van der Waals surface area contributed by atoms with E-state index in [2.05, 4.69) is 36.1 Å². The second kappa shape index (κ2) is 7.72. The minimum Gasteiger partial charge on any atom is -0.423 e. The molecule has 4 rings (SSSR count). The third-order valence-corrected chi connectivity index (χ3v) is 3.95. The summed E-state index contributed by atoms with van der Waals surface area (Å²) < 4.78 is 5.56. The molecule has 3 heterocycles. The van der Waals surface area contributed by atoms with E-state index < -0.39 is 11.8 Å². The van der Waals surface area contributed by atoms with E-state index in [4.69, 9.17) is 4.42 Å². The number of rotatable bonds is 4. The third kappa shape index (κ3) is 4.00. The van der Waals surface area contributed by atoms with Crippen LogP contribution in [0, 0.1) is 6.92 Å². The summed E-state index contributed by atoms with van der Waals surface area (Å²) in [5.74, 6) is -0.808. The van der Waals surface area contributed by atoms with Gasteiger partial charge < -0.3 is 4.42 Å². The maximum Gasteiger partial charge on any atom is 0.302 e. The fraction of sp³-hybridized carbons (Fsp3) is 0.0526. The number of hydrazine groups is 1. The largest absolute Gasteiger partial charge is 0.423 e. The zero-order valence-corrected chi connectivity index (χ0v) is 15.2. The number of nitrogens with one attached hydrogen (secondary N) is 3. The van der Waals surface area contributed by atoms with E-state index in [-0.39, 0.29) is 17.5 Å². The van der Waals surface area contributed by atoms with E-state index in [0.29, 0.717) is 22.4 Å². The maximum absolute atomic E-state index is 12.3. The smallest absolute Gasteiger partial charge is 0.302 e. The van der Waals surface area contributed by atoms with E-state index in [9.17, 15) is 9.59 Å². The molecule has 0 saturated carbocycles. The van der Waals surface area contributed by atoms with Crippen LogP contribution >= 0.6 is 0 Å². The van der Waals surface area contributed by atoms with Crippen molar-refractivity contribution in [1.29, 1.82) is 0 Å². The van der Waals surface area contributed by atoms with Crippen LogP contribution in [0.5, 0.6) is 0 Å².